The van der Waals surface area contributed by atoms with Crippen molar-refractivity contribution < 1.29 is 14.2 Å². The second-order valence-corrected chi connectivity index (χ2v) is 4.56. The number of hydrogen-bond donors (Lipinski definition) is 1. The standard InChI is InChI=1S/C18H17FO2/c1-2-14-5-3-7-17(11-14)21-13-16-9-8-15(6-4-10-20)12-18(16)19/h3,5,7-9,11-12,20H,2,10,13H2,1H3. The second-order valence-electron chi connectivity index (χ2n) is 4.56. The number of aliphatic hydroxyl groups excluding tert-OH is 1. The maximum Gasteiger partial charge on any atom is 0.131 e. The van der Waals surface area contributed by atoms with E-state index >= 15 is 0 Å². The fraction of sp³-hybridized carbons (Fsp3) is 0.222. The number of rotatable bonds is 4. The van der Waals surface area contributed by atoms with Crippen molar-refractivity contribution in [3.63, 3.8) is 0 Å². The van der Waals surface area contributed by atoms with Crippen LogP contribution in [0.5, 0.6) is 5.75 Å². The summed E-state index contributed by atoms with van der Waals surface area (Å²) >= 11 is 0. The largest absolute Gasteiger partial charge is 0.489 e. The molecule has 0 amide bonds. The van der Waals surface area contributed by atoms with Crippen molar-refractivity contribution in [1.29, 1.82) is 0 Å². The van der Waals surface area contributed by atoms with Gasteiger partial charge in [0.15, 0.2) is 0 Å². The zero-order valence-corrected chi connectivity index (χ0v) is 11.9. The fourth-order valence-corrected chi connectivity index (χ4v) is 1.90. The van der Waals surface area contributed by atoms with Crippen LogP contribution >= 0.6 is 0 Å². The molecule has 2 aromatic rings. The molecule has 21 heavy (non-hydrogen) atoms. The maximum absolute atomic E-state index is 13.9. The molecular formula is C18H17FO2. The first kappa shape index (κ1) is 15.1. The molecule has 0 heterocycles. The monoisotopic (exact) mass is 284 g/mol. The number of aliphatic hydroxyl groups is 1. The van der Waals surface area contributed by atoms with Crippen molar-refractivity contribution in [2.75, 3.05) is 6.61 Å². The Labute approximate surface area is 124 Å². The molecule has 2 aromatic carbocycles. The third-order valence-corrected chi connectivity index (χ3v) is 3.07. The van der Waals surface area contributed by atoms with Gasteiger partial charge in [0.1, 0.15) is 24.8 Å². The molecule has 0 saturated carbocycles. The Morgan fingerprint density at radius 3 is 2.76 bits per heavy atom. The first-order chi connectivity index (χ1) is 10.2. The third-order valence-electron chi connectivity index (χ3n) is 3.07. The highest BCUT2D eigenvalue weighted by Crippen LogP contribution is 2.17. The van der Waals surface area contributed by atoms with E-state index in [1.165, 1.54) is 11.6 Å². The number of ether oxygens (including phenoxy) is 1. The summed E-state index contributed by atoms with van der Waals surface area (Å²) in [4.78, 5) is 0. The molecule has 0 aliphatic carbocycles. The van der Waals surface area contributed by atoms with E-state index in [4.69, 9.17) is 9.84 Å². The summed E-state index contributed by atoms with van der Waals surface area (Å²) in [6, 6.07) is 12.5. The van der Waals surface area contributed by atoms with E-state index in [1.54, 1.807) is 12.1 Å². The molecule has 1 N–H and O–H groups in total. The van der Waals surface area contributed by atoms with Crippen LogP contribution < -0.4 is 4.74 Å². The van der Waals surface area contributed by atoms with E-state index in [9.17, 15) is 4.39 Å². The average Bonchev–Trinajstić information content (AvgIpc) is 2.52. The van der Waals surface area contributed by atoms with Gasteiger partial charge in [0.05, 0.1) is 0 Å². The van der Waals surface area contributed by atoms with Crippen molar-refractivity contribution in [1.82, 2.24) is 0 Å². The van der Waals surface area contributed by atoms with Gasteiger partial charge in [-0.1, -0.05) is 37.0 Å². The predicted octanol–water partition coefficient (Wildman–Crippen LogP) is 3.31. The molecule has 0 bridgehead atoms. The Hall–Kier alpha value is -2.31. The van der Waals surface area contributed by atoms with E-state index in [0.29, 0.717) is 11.1 Å². The van der Waals surface area contributed by atoms with Crippen molar-refractivity contribution in [2.24, 2.45) is 0 Å². The third kappa shape index (κ3) is 4.34. The fourth-order valence-electron chi connectivity index (χ4n) is 1.90. The minimum absolute atomic E-state index is 0.173. The number of hydrogen-bond acceptors (Lipinski definition) is 2. The summed E-state index contributed by atoms with van der Waals surface area (Å²) in [6.07, 6.45) is 0.934. The molecule has 2 nitrogen and oxygen atoms in total. The van der Waals surface area contributed by atoms with E-state index in [1.807, 2.05) is 24.3 Å². The van der Waals surface area contributed by atoms with Crippen LogP contribution in [0.25, 0.3) is 0 Å². The Morgan fingerprint density at radius 2 is 2.05 bits per heavy atom. The molecule has 0 atom stereocenters. The highest BCUT2D eigenvalue weighted by Gasteiger charge is 2.04. The summed E-state index contributed by atoms with van der Waals surface area (Å²) in [5.41, 5.74) is 2.20. The van der Waals surface area contributed by atoms with Gasteiger partial charge in [-0.3, -0.25) is 0 Å². The Bertz CT molecular complexity index is 668. The summed E-state index contributed by atoms with van der Waals surface area (Å²) < 4.78 is 19.5. The number of benzene rings is 2. The lowest BCUT2D eigenvalue weighted by Gasteiger charge is -2.08. The van der Waals surface area contributed by atoms with Crippen LogP contribution in [0.3, 0.4) is 0 Å². The number of aryl methyl sites for hydroxylation is 1. The van der Waals surface area contributed by atoms with Gasteiger partial charge in [-0.2, -0.15) is 0 Å². The normalized spacial score (nSPS) is 9.86. The molecular weight excluding hydrogens is 267 g/mol. The van der Waals surface area contributed by atoms with Crippen molar-refractivity contribution in [3.05, 3.63) is 65.0 Å². The smallest absolute Gasteiger partial charge is 0.131 e. The van der Waals surface area contributed by atoms with Crippen LogP contribution in [0.4, 0.5) is 4.39 Å². The minimum Gasteiger partial charge on any atom is -0.489 e. The Balaban J connectivity index is 2.06. The summed E-state index contributed by atoms with van der Waals surface area (Å²) in [5.74, 6) is 5.54. The topological polar surface area (TPSA) is 29.5 Å². The lowest BCUT2D eigenvalue weighted by atomic mass is 10.1. The lowest BCUT2D eigenvalue weighted by molar-refractivity contribution is 0.299. The Morgan fingerprint density at radius 1 is 1.19 bits per heavy atom. The van der Waals surface area contributed by atoms with Crippen molar-refractivity contribution in [2.45, 2.75) is 20.0 Å². The molecule has 0 spiro atoms. The highest BCUT2D eigenvalue weighted by atomic mass is 19.1. The summed E-state index contributed by atoms with van der Waals surface area (Å²) in [5, 5.41) is 8.62. The van der Waals surface area contributed by atoms with E-state index < -0.39 is 0 Å². The predicted molar refractivity (Wildman–Crippen MR) is 80.5 cm³/mol. The summed E-state index contributed by atoms with van der Waals surface area (Å²) in [7, 11) is 0. The van der Waals surface area contributed by atoms with Crippen LogP contribution in [0.15, 0.2) is 42.5 Å². The van der Waals surface area contributed by atoms with Gasteiger partial charge < -0.3 is 9.84 Å². The van der Waals surface area contributed by atoms with Crippen LogP contribution in [0.2, 0.25) is 0 Å². The van der Waals surface area contributed by atoms with Gasteiger partial charge >= 0.3 is 0 Å². The molecule has 108 valence electrons. The molecule has 3 heteroatoms. The van der Waals surface area contributed by atoms with E-state index in [-0.39, 0.29) is 19.0 Å². The quantitative estimate of drug-likeness (QED) is 0.873. The first-order valence-corrected chi connectivity index (χ1v) is 6.83. The van der Waals surface area contributed by atoms with E-state index in [0.717, 1.165) is 12.2 Å². The minimum atomic E-state index is -0.355. The lowest BCUT2D eigenvalue weighted by Crippen LogP contribution is -1.99. The zero-order valence-electron chi connectivity index (χ0n) is 11.9. The van der Waals surface area contributed by atoms with Gasteiger partial charge in [0.2, 0.25) is 0 Å². The van der Waals surface area contributed by atoms with Gasteiger partial charge in [0.25, 0.3) is 0 Å². The SMILES string of the molecule is CCc1cccc(OCc2ccc(C#CCO)cc2F)c1. The van der Waals surface area contributed by atoms with Gasteiger partial charge in [0, 0.05) is 11.1 Å². The number of halogens is 1. The van der Waals surface area contributed by atoms with Crippen LogP contribution in [-0.2, 0) is 13.0 Å². The van der Waals surface area contributed by atoms with Crippen LogP contribution in [0.1, 0.15) is 23.6 Å². The maximum atomic E-state index is 13.9. The van der Waals surface area contributed by atoms with Gasteiger partial charge in [-0.25, -0.2) is 4.39 Å². The van der Waals surface area contributed by atoms with Gasteiger partial charge in [-0.15, -0.1) is 0 Å². The molecule has 0 unspecified atom stereocenters. The van der Waals surface area contributed by atoms with Crippen LogP contribution in [0, 0.1) is 17.7 Å². The average molecular weight is 284 g/mol. The highest BCUT2D eigenvalue weighted by molar-refractivity contribution is 5.37. The van der Waals surface area contributed by atoms with Crippen molar-refractivity contribution in [3.8, 4) is 17.6 Å². The van der Waals surface area contributed by atoms with Crippen molar-refractivity contribution >= 4 is 0 Å². The first-order valence-electron chi connectivity index (χ1n) is 6.83. The molecule has 0 aliphatic rings. The molecule has 2 rings (SSSR count). The molecule has 0 aliphatic heterocycles. The molecule has 0 fully saturated rings. The van der Waals surface area contributed by atoms with Crippen LogP contribution in [-0.4, -0.2) is 11.7 Å². The van der Waals surface area contributed by atoms with E-state index in [2.05, 4.69) is 18.8 Å². The summed E-state index contributed by atoms with van der Waals surface area (Å²) in [6.45, 7) is 2.01. The second kappa shape index (κ2) is 7.47. The molecule has 0 radical (unpaired) electrons. The van der Waals surface area contributed by atoms with Gasteiger partial charge in [-0.05, 0) is 36.2 Å². The Kier molecular flexibility index (Phi) is 5.36. The zero-order chi connectivity index (χ0) is 15.1. The molecule has 0 saturated heterocycles. The molecule has 0 aromatic heterocycles.